The van der Waals surface area contributed by atoms with Gasteiger partial charge in [-0.2, -0.15) is 0 Å². The van der Waals surface area contributed by atoms with Crippen molar-refractivity contribution < 1.29 is 27.9 Å². The van der Waals surface area contributed by atoms with Crippen LogP contribution in [0.2, 0.25) is 0 Å². The van der Waals surface area contributed by atoms with E-state index in [0.29, 0.717) is 18.6 Å². The Hall–Kier alpha value is -1.49. The molecule has 0 spiro atoms. The second-order valence-electron chi connectivity index (χ2n) is 6.27. The topological polar surface area (TPSA) is 78.9 Å². The summed E-state index contributed by atoms with van der Waals surface area (Å²) in [6, 6.07) is 7.12. The zero-order valence-corrected chi connectivity index (χ0v) is 15.4. The molecule has 1 saturated carbocycles. The Morgan fingerprint density at radius 3 is 2.44 bits per heavy atom. The van der Waals surface area contributed by atoms with Gasteiger partial charge in [0, 0.05) is 23.8 Å². The monoisotopic (exact) mass is 366 g/mol. The fourth-order valence-corrected chi connectivity index (χ4v) is 6.07. The van der Waals surface area contributed by atoms with Crippen LogP contribution in [-0.2, 0) is 23.2 Å². The minimum atomic E-state index is -3.77. The van der Waals surface area contributed by atoms with Crippen molar-refractivity contribution in [2.24, 2.45) is 5.92 Å². The zero-order chi connectivity index (χ0) is 18.0. The maximum Gasteiger partial charge on any atom is 0.345 e. The second kappa shape index (κ2) is 7.40. The van der Waals surface area contributed by atoms with Crippen molar-refractivity contribution in [1.29, 1.82) is 0 Å². The van der Waals surface area contributed by atoms with E-state index in [1.165, 1.54) is 0 Å². The molecule has 0 N–H and O–H groups in total. The van der Waals surface area contributed by atoms with Gasteiger partial charge in [0.15, 0.2) is 5.66 Å². The third-order valence-electron chi connectivity index (χ3n) is 4.81. The highest BCUT2D eigenvalue weighted by Gasteiger charge is 2.55. The van der Waals surface area contributed by atoms with Gasteiger partial charge < -0.3 is 13.8 Å². The Morgan fingerprint density at radius 2 is 1.84 bits per heavy atom. The number of ketones is 1. The molecule has 1 aromatic rings. The largest absolute Gasteiger partial charge is 0.426 e. The first-order valence-electron chi connectivity index (χ1n) is 8.74. The van der Waals surface area contributed by atoms with Gasteiger partial charge in [-0.3, -0.25) is 14.2 Å². The van der Waals surface area contributed by atoms with Crippen molar-refractivity contribution in [3.63, 3.8) is 0 Å². The van der Waals surface area contributed by atoms with Gasteiger partial charge in [0.2, 0.25) is 0 Å². The van der Waals surface area contributed by atoms with Gasteiger partial charge in [-0.25, -0.2) is 0 Å². The van der Waals surface area contributed by atoms with Crippen molar-refractivity contribution in [3.05, 3.63) is 29.8 Å². The number of rotatable bonds is 6. The average Bonchev–Trinajstić information content (AvgIpc) is 2.99. The lowest BCUT2D eigenvalue weighted by atomic mass is 9.80. The quantitative estimate of drug-likeness (QED) is 0.434. The Kier molecular flexibility index (Phi) is 5.42. The lowest BCUT2D eigenvalue weighted by molar-refractivity contribution is -0.136. The molecule has 0 unspecified atom stereocenters. The SMILES string of the molecule is CCOP(=O)(OCC)[C@@H]1C(=O)Oc2ccccc2[C@H]1[C@@H]1CCCC1=O. The number of fused-ring (bicyclic) bond motifs is 1. The highest BCUT2D eigenvalue weighted by Crippen LogP contribution is 2.62. The summed E-state index contributed by atoms with van der Waals surface area (Å²) in [5, 5.41) is 0. The van der Waals surface area contributed by atoms with Gasteiger partial charge >= 0.3 is 13.6 Å². The van der Waals surface area contributed by atoms with Gasteiger partial charge in [-0.15, -0.1) is 0 Å². The van der Waals surface area contributed by atoms with E-state index in [4.69, 9.17) is 13.8 Å². The van der Waals surface area contributed by atoms with Gasteiger partial charge in [-0.1, -0.05) is 18.2 Å². The van der Waals surface area contributed by atoms with Gasteiger partial charge in [0.25, 0.3) is 0 Å². The van der Waals surface area contributed by atoms with Gasteiger partial charge in [0.1, 0.15) is 11.5 Å². The van der Waals surface area contributed by atoms with Crippen LogP contribution in [0.1, 0.15) is 44.6 Å². The molecule has 2 aliphatic rings. The third kappa shape index (κ3) is 3.31. The highest BCUT2D eigenvalue weighted by molar-refractivity contribution is 7.55. The molecule has 1 aliphatic carbocycles. The van der Waals surface area contributed by atoms with Crippen LogP contribution in [0.25, 0.3) is 0 Å². The van der Waals surface area contributed by atoms with E-state index in [2.05, 4.69) is 0 Å². The van der Waals surface area contributed by atoms with Gasteiger partial charge in [-0.05, 0) is 32.8 Å². The number of para-hydroxylation sites is 1. The van der Waals surface area contributed by atoms with Crippen LogP contribution in [-0.4, -0.2) is 30.6 Å². The smallest absolute Gasteiger partial charge is 0.345 e. The molecule has 25 heavy (non-hydrogen) atoms. The van der Waals surface area contributed by atoms with Gasteiger partial charge in [0.05, 0.1) is 13.2 Å². The molecule has 0 bridgehead atoms. The number of carbonyl (C=O) groups excluding carboxylic acids is 2. The standard InChI is InChI=1S/C18H23O6P/c1-3-22-25(21,23-4-2)17-16(12-9-7-10-14(12)19)13-8-5-6-11-15(13)24-18(17)20/h5-6,8,11-12,16-17H,3-4,7,9-10H2,1-2H3/t12-,16-,17+/m1/s1. The average molecular weight is 366 g/mol. The van der Waals surface area contributed by atoms with Crippen LogP contribution in [0.5, 0.6) is 5.75 Å². The molecule has 1 heterocycles. The summed E-state index contributed by atoms with van der Waals surface area (Å²) in [5.41, 5.74) is -0.388. The number of hydrogen-bond donors (Lipinski definition) is 0. The summed E-state index contributed by atoms with van der Waals surface area (Å²) in [4.78, 5) is 25.2. The van der Waals surface area contributed by atoms with Crippen LogP contribution in [0, 0.1) is 5.92 Å². The summed E-state index contributed by atoms with van der Waals surface area (Å²) in [6.45, 7) is 3.69. The minimum Gasteiger partial charge on any atom is -0.426 e. The molecular weight excluding hydrogens is 343 g/mol. The maximum absolute atomic E-state index is 13.4. The lowest BCUT2D eigenvalue weighted by Gasteiger charge is -2.37. The molecule has 0 amide bonds. The first-order valence-corrected chi connectivity index (χ1v) is 10.3. The number of esters is 1. The highest BCUT2D eigenvalue weighted by atomic mass is 31.2. The Labute approximate surface area is 147 Å². The van der Waals surface area contributed by atoms with E-state index in [1.807, 2.05) is 12.1 Å². The summed E-state index contributed by atoms with van der Waals surface area (Å²) in [5.74, 6) is -1.04. The molecule has 7 heteroatoms. The van der Waals surface area contributed by atoms with Crippen molar-refractivity contribution in [1.82, 2.24) is 0 Å². The van der Waals surface area contributed by atoms with Crippen molar-refractivity contribution in [2.45, 2.75) is 44.7 Å². The van der Waals surface area contributed by atoms with Crippen LogP contribution in [0.4, 0.5) is 0 Å². The summed E-state index contributed by atoms with van der Waals surface area (Å²) in [6.07, 6.45) is 1.93. The Balaban J connectivity index is 2.12. The van der Waals surface area contributed by atoms with Crippen molar-refractivity contribution in [3.8, 4) is 5.75 Å². The molecule has 3 rings (SSSR count). The van der Waals surface area contributed by atoms with Crippen LogP contribution < -0.4 is 4.74 Å². The van der Waals surface area contributed by atoms with Crippen LogP contribution >= 0.6 is 7.60 Å². The second-order valence-corrected chi connectivity index (χ2v) is 8.42. The predicted octanol–water partition coefficient (Wildman–Crippen LogP) is 3.69. The molecule has 3 atom stereocenters. The Bertz CT molecular complexity index is 705. The number of carbonyl (C=O) groups is 2. The zero-order valence-electron chi connectivity index (χ0n) is 14.5. The van der Waals surface area contributed by atoms with Crippen LogP contribution in [0.15, 0.2) is 24.3 Å². The number of Topliss-reactive ketones (excluding diaryl/α,β-unsaturated/α-hetero) is 1. The predicted molar refractivity (Wildman–Crippen MR) is 91.8 cm³/mol. The van der Waals surface area contributed by atoms with E-state index < -0.39 is 25.1 Å². The van der Waals surface area contributed by atoms with E-state index in [9.17, 15) is 14.2 Å². The summed E-state index contributed by atoms with van der Waals surface area (Å²) < 4.78 is 29.7. The van der Waals surface area contributed by atoms with E-state index in [0.717, 1.165) is 12.0 Å². The number of hydrogen-bond acceptors (Lipinski definition) is 6. The first kappa shape index (κ1) is 18.3. The lowest BCUT2D eigenvalue weighted by Crippen LogP contribution is -2.41. The fourth-order valence-electron chi connectivity index (χ4n) is 3.88. The van der Waals surface area contributed by atoms with Crippen molar-refractivity contribution >= 4 is 19.3 Å². The molecule has 0 saturated heterocycles. The van der Waals surface area contributed by atoms with E-state index in [-0.39, 0.29) is 24.9 Å². The number of benzene rings is 1. The molecule has 1 aliphatic heterocycles. The third-order valence-corrected chi connectivity index (χ3v) is 7.26. The molecule has 1 fully saturated rings. The molecule has 0 aromatic heterocycles. The van der Waals surface area contributed by atoms with E-state index >= 15 is 0 Å². The summed E-state index contributed by atoms with van der Waals surface area (Å²) in [7, 11) is -3.77. The first-order chi connectivity index (χ1) is 12.0. The molecule has 136 valence electrons. The van der Waals surface area contributed by atoms with Crippen molar-refractivity contribution in [2.75, 3.05) is 13.2 Å². The minimum absolute atomic E-state index is 0.0963. The number of ether oxygens (including phenoxy) is 1. The summed E-state index contributed by atoms with van der Waals surface area (Å²) >= 11 is 0. The normalized spacial score (nSPS) is 26.4. The Morgan fingerprint density at radius 1 is 1.16 bits per heavy atom. The van der Waals surface area contributed by atoms with E-state index in [1.54, 1.807) is 26.0 Å². The molecule has 6 nitrogen and oxygen atoms in total. The fraction of sp³-hybridized carbons (Fsp3) is 0.556. The van der Waals surface area contributed by atoms with Crippen LogP contribution in [0.3, 0.4) is 0 Å². The maximum atomic E-state index is 13.4. The molecular formula is C18H23O6P. The molecule has 1 aromatic carbocycles. The molecule has 0 radical (unpaired) electrons.